The summed E-state index contributed by atoms with van der Waals surface area (Å²) in [5.74, 6) is -0.149. The Bertz CT molecular complexity index is 4830. The van der Waals surface area contributed by atoms with Gasteiger partial charge in [0, 0.05) is 122 Å². The maximum Gasteiger partial charge on any atom is 0.338 e. The Morgan fingerprint density at radius 1 is 0.549 bits per heavy atom. The third-order valence-corrected chi connectivity index (χ3v) is 16.4. The number of rotatable bonds is 15. The number of anilines is 3. The Hall–Kier alpha value is -10.8. The molecule has 0 radical (unpaired) electrons. The van der Waals surface area contributed by atoms with Crippen molar-refractivity contribution in [1.29, 1.82) is 0 Å². The van der Waals surface area contributed by atoms with Crippen LogP contribution >= 0.6 is 0 Å². The lowest BCUT2D eigenvalue weighted by Crippen LogP contribution is -2.76. The number of carbonyl (C=O) groups is 3. The first-order valence-corrected chi connectivity index (χ1v) is 31.0. The zero-order valence-corrected chi connectivity index (χ0v) is 52.9. The SMILES string of the molecule is CCN(CC)c1ccc2c(-c3ccccc3C(=O)O)c3ccc(=[N+](CC)CC)cc-3oc2c1.CCNc1cc2oc3cc(=[NH+]CC)c(C)cc-3c(-c3ccccc3C(=O)OCC)c2cc1C.Nc1ccc2c(-c3ccccc3C(=O)O)c3ccc(=[NH2+])cc-3oc2c1. The van der Waals surface area contributed by atoms with E-state index in [0.717, 1.165) is 150 Å². The summed E-state index contributed by atoms with van der Waals surface area (Å²) in [6.07, 6.45) is 0. The standard InChI is InChI=1S/2C28H30N2O3.C20H14N2O3/c1-6-29-23-15-25-21(13-17(23)4)27(19-11-9-10-12-20(19)28(31)32-8-3)22-14-18(5)24(30-7-2)16-26(22)33-25;1-5-29(6-2)19-13-15-23-25(17-19)33-26-18-20(30(7-3)8-4)14-16-24(26)27(23)21-11-9-10-12-22(21)28(31)32;21-11-5-7-15-17(9-11)25-18-10-12(22)6-8-16(18)19(15)13-3-1-2-4-14(13)20(23)24/h9-16,29H,6-8H2,1-5H3;9-18H,5-8H2,1-4H3;1-10,21H,22H2,(H,23,24)/p+3. The number of fused-ring (bicyclic) bond motifs is 6. The van der Waals surface area contributed by atoms with Gasteiger partial charge in [0.25, 0.3) is 0 Å². The molecule has 15 nitrogen and oxygen atoms in total. The quantitative estimate of drug-likeness (QED) is 0.0244. The molecule has 3 aliphatic carbocycles. The number of carboxylic acid groups (broad SMARTS) is 2. The number of nitrogen functional groups attached to an aromatic ring is 1. The largest absolute Gasteiger partial charge is 0.478 e. The van der Waals surface area contributed by atoms with Crippen LogP contribution in [0.2, 0.25) is 0 Å². The molecular formula is C76H77N6O9+3. The van der Waals surface area contributed by atoms with Gasteiger partial charge in [-0.05, 0) is 151 Å². The molecule has 0 saturated carbocycles. The molecule has 8 N–H and O–H groups in total. The number of esters is 1. The Morgan fingerprint density at radius 3 is 1.65 bits per heavy atom. The fraction of sp³-hybridized carbons (Fsp3) is 0.211. The van der Waals surface area contributed by atoms with Gasteiger partial charge in [-0.3, -0.25) is 5.41 Å². The van der Waals surface area contributed by atoms with Gasteiger partial charge in [0.2, 0.25) is 10.7 Å². The highest BCUT2D eigenvalue weighted by atomic mass is 16.5. The van der Waals surface area contributed by atoms with E-state index in [1.165, 1.54) is 0 Å². The first-order chi connectivity index (χ1) is 44.0. The van der Waals surface area contributed by atoms with Gasteiger partial charge in [-0.15, -0.1) is 0 Å². The van der Waals surface area contributed by atoms with E-state index >= 15 is 0 Å². The summed E-state index contributed by atoms with van der Waals surface area (Å²) in [7, 11) is 0. The molecule has 0 unspecified atom stereocenters. The van der Waals surface area contributed by atoms with Crippen LogP contribution in [0.3, 0.4) is 0 Å². The third-order valence-electron chi connectivity index (χ3n) is 16.4. The van der Waals surface area contributed by atoms with Crippen LogP contribution in [0.1, 0.15) is 90.7 Å². The predicted molar refractivity (Wildman–Crippen MR) is 362 cm³/mol. The van der Waals surface area contributed by atoms with Crippen molar-refractivity contribution in [2.45, 2.75) is 62.3 Å². The molecule has 0 fully saturated rings. The van der Waals surface area contributed by atoms with Gasteiger partial charge in [-0.1, -0.05) is 54.6 Å². The number of hydrogen-bond donors (Lipinski definition) is 6. The molecule has 0 atom stereocenters. The number of nitrogens with one attached hydrogen (secondary N) is 2. The van der Waals surface area contributed by atoms with Crippen LogP contribution in [0.15, 0.2) is 183 Å². The second-order valence-electron chi connectivity index (χ2n) is 22.0. The summed E-state index contributed by atoms with van der Waals surface area (Å²) in [6, 6.07) is 53.3. The molecule has 12 rings (SSSR count). The third kappa shape index (κ3) is 12.9. The van der Waals surface area contributed by atoms with E-state index in [-0.39, 0.29) is 17.1 Å². The van der Waals surface area contributed by atoms with Crippen LogP contribution < -0.4 is 47.0 Å². The van der Waals surface area contributed by atoms with Crippen LogP contribution in [-0.2, 0) is 4.74 Å². The van der Waals surface area contributed by atoms with Crippen LogP contribution in [0.25, 0.3) is 100 Å². The topological polar surface area (TPSA) is 224 Å². The highest BCUT2D eigenvalue weighted by Crippen LogP contribution is 2.45. The molecule has 462 valence electrons. The second-order valence-corrected chi connectivity index (χ2v) is 22.0. The van der Waals surface area contributed by atoms with E-state index in [1.54, 1.807) is 54.6 Å². The summed E-state index contributed by atoms with van der Waals surface area (Å²) >= 11 is 0. The van der Waals surface area contributed by atoms with Crippen molar-refractivity contribution in [3.05, 3.63) is 214 Å². The van der Waals surface area contributed by atoms with Gasteiger partial charge >= 0.3 is 17.9 Å². The van der Waals surface area contributed by atoms with Crippen molar-refractivity contribution >= 4 is 67.9 Å². The normalized spacial score (nSPS) is 11.4. The van der Waals surface area contributed by atoms with Crippen molar-refractivity contribution in [1.82, 2.24) is 4.58 Å². The van der Waals surface area contributed by atoms with Crippen molar-refractivity contribution in [2.24, 2.45) is 0 Å². The Morgan fingerprint density at radius 2 is 1.08 bits per heavy atom. The number of nitrogens with zero attached hydrogens (tertiary/aromatic N) is 2. The number of ether oxygens (including phenoxy) is 1. The van der Waals surface area contributed by atoms with E-state index in [0.29, 0.717) is 45.7 Å². The molecule has 15 heteroatoms. The summed E-state index contributed by atoms with van der Waals surface area (Å²) in [5, 5.41) is 34.2. The molecule has 0 bridgehead atoms. The highest BCUT2D eigenvalue weighted by molar-refractivity contribution is 6.11. The highest BCUT2D eigenvalue weighted by Gasteiger charge is 2.27. The Balaban J connectivity index is 0.000000151. The summed E-state index contributed by atoms with van der Waals surface area (Å²) < 4.78 is 26.5. The van der Waals surface area contributed by atoms with E-state index in [1.807, 2.05) is 61.5 Å². The number of hydrogen-bond acceptors (Lipinski definition) is 10. The minimum atomic E-state index is -0.983. The molecule has 6 aromatic rings. The van der Waals surface area contributed by atoms with Crippen molar-refractivity contribution < 1.29 is 53.0 Å². The lowest BCUT2D eigenvalue weighted by molar-refractivity contribution is -0.496. The number of nitrogens with two attached hydrogens (primary N) is 2. The molecule has 6 aromatic carbocycles. The van der Waals surface area contributed by atoms with Gasteiger partial charge in [-0.2, -0.15) is 0 Å². The Kier molecular flexibility index (Phi) is 19.3. The number of carboxylic acids is 2. The molecule has 3 aliphatic heterocycles. The van der Waals surface area contributed by atoms with E-state index in [9.17, 15) is 24.6 Å². The first kappa shape index (κ1) is 63.2. The lowest BCUT2D eigenvalue weighted by atomic mass is 9.89. The van der Waals surface area contributed by atoms with Gasteiger partial charge < -0.3 is 44.2 Å². The number of aromatic carboxylic acids is 2. The molecular weight excluding hydrogens is 1140 g/mol. The molecule has 3 heterocycles. The monoisotopic (exact) mass is 1220 g/mol. The maximum absolute atomic E-state index is 12.9. The Labute approximate surface area is 528 Å². The fourth-order valence-electron chi connectivity index (χ4n) is 12.1. The molecule has 91 heavy (non-hydrogen) atoms. The van der Waals surface area contributed by atoms with Gasteiger partial charge in [0.05, 0.1) is 41.5 Å². The van der Waals surface area contributed by atoms with E-state index in [4.69, 9.17) is 29.1 Å². The minimum absolute atomic E-state index is 0.227. The number of aryl methyl sites for hydroxylation is 2. The van der Waals surface area contributed by atoms with Crippen molar-refractivity contribution in [2.75, 3.05) is 61.8 Å². The van der Waals surface area contributed by atoms with Crippen LogP contribution in [0.4, 0.5) is 17.1 Å². The van der Waals surface area contributed by atoms with Crippen LogP contribution in [0.5, 0.6) is 0 Å². The van der Waals surface area contributed by atoms with E-state index < -0.39 is 11.9 Å². The number of benzene rings is 9. The lowest BCUT2D eigenvalue weighted by Gasteiger charge is -2.22. The molecule has 0 saturated heterocycles. The smallest absolute Gasteiger partial charge is 0.338 e. The van der Waals surface area contributed by atoms with Crippen molar-refractivity contribution in [3.8, 4) is 67.4 Å². The molecule has 0 spiro atoms. The summed E-state index contributed by atoms with van der Waals surface area (Å²) in [5.41, 5.74) is 21.5. The fourth-order valence-corrected chi connectivity index (χ4v) is 12.1. The van der Waals surface area contributed by atoms with Crippen LogP contribution in [-0.4, -0.2) is 74.0 Å². The van der Waals surface area contributed by atoms with Gasteiger partial charge in [0.1, 0.15) is 53.7 Å². The van der Waals surface area contributed by atoms with E-state index in [2.05, 4.69) is 136 Å². The first-order valence-electron chi connectivity index (χ1n) is 31.0. The second kappa shape index (κ2) is 27.7. The zero-order valence-electron chi connectivity index (χ0n) is 52.9. The maximum atomic E-state index is 12.9. The predicted octanol–water partition coefficient (Wildman–Crippen LogP) is 12.1. The zero-order chi connectivity index (χ0) is 64.6. The van der Waals surface area contributed by atoms with Crippen LogP contribution in [0, 0.1) is 13.8 Å². The van der Waals surface area contributed by atoms with Gasteiger partial charge in [-0.25, -0.2) is 24.0 Å². The van der Waals surface area contributed by atoms with Gasteiger partial charge in [0.15, 0.2) is 5.36 Å². The average Bonchev–Trinajstić information content (AvgIpc) is 0.766. The molecule has 0 amide bonds. The molecule has 6 aliphatic rings. The average molecular weight is 1220 g/mol. The summed E-state index contributed by atoms with van der Waals surface area (Å²) in [4.78, 5) is 42.3. The van der Waals surface area contributed by atoms with Crippen molar-refractivity contribution in [3.63, 3.8) is 0 Å². The minimum Gasteiger partial charge on any atom is -0.478 e. The number of carbonyl (C=O) groups excluding carboxylic acids is 1. The summed E-state index contributed by atoms with van der Waals surface area (Å²) in [6.45, 7) is 24.3. The molecule has 0 aromatic heterocycles.